The molecule has 1 saturated heterocycles. The monoisotopic (exact) mass is 503 g/mol. The molecule has 2 aromatic carbocycles. The van der Waals surface area contributed by atoms with Crippen LogP contribution in [0.4, 0.5) is 5.69 Å². The number of fused-ring (bicyclic) bond motifs is 1. The zero-order chi connectivity index (χ0) is 25.1. The van der Waals surface area contributed by atoms with Gasteiger partial charge >= 0.3 is 0 Å². The molecule has 3 N–H and O–H groups in total. The molecule has 3 heterocycles. The van der Waals surface area contributed by atoms with Crippen LogP contribution in [0.25, 0.3) is 22.3 Å². The zero-order valence-corrected chi connectivity index (χ0v) is 20.2. The number of aromatic nitrogens is 3. The van der Waals surface area contributed by atoms with E-state index in [4.69, 9.17) is 4.74 Å². The van der Waals surface area contributed by atoms with Gasteiger partial charge in [-0.1, -0.05) is 36.9 Å². The second-order valence-electron chi connectivity index (χ2n) is 8.54. The Kier molecular flexibility index (Phi) is 6.53. The van der Waals surface area contributed by atoms with Gasteiger partial charge in [0.1, 0.15) is 17.7 Å². The van der Waals surface area contributed by atoms with Gasteiger partial charge in [0.25, 0.3) is 0 Å². The topological polar surface area (TPSA) is 126 Å². The summed E-state index contributed by atoms with van der Waals surface area (Å²) < 4.78 is 30.7. The van der Waals surface area contributed by atoms with Gasteiger partial charge in [-0.3, -0.25) is 4.79 Å². The molecule has 1 atom stereocenters. The van der Waals surface area contributed by atoms with Gasteiger partial charge in [-0.25, -0.2) is 18.4 Å². The van der Waals surface area contributed by atoms with E-state index in [-0.39, 0.29) is 11.7 Å². The van der Waals surface area contributed by atoms with Crippen LogP contribution in [0.3, 0.4) is 0 Å². The van der Waals surface area contributed by atoms with Crippen molar-refractivity contribution in [2.45, 2.75) is 11.7 Å². The fourth-order valence-electron chi connectivity index (χ4n) is 4.15. The third kappa shape index (κ3) is 5.14. The summed E-state index contributed by atoms with van der Waals surface area (Å²) in [5.41, 5.74) is 3.94. The van der Waals surface area contributed by atoms with Crippen molar-refractivity contribution in [1.82, 2.24) is 20.3 Å². The van der Waals surface area contributed by atoms with E-state index < -0.39 is 15.1 Å². The number of carbonyl (C=O) groups is 1. The minimum absolute atomic E-state index is 0.185. The summed E-state index contributed by atoms with van der Waals surface area (Å²) in [4.78, 5) is 23.5. The van der Waals surface area contributed by atoms with Gasteiger partial charge in [-0.2, -0.15) is 0 Å². The molecule has 0 radical (unpaired) electrons. The fourth-order valence-corrected chi connectivity index (χ4v) is 5.73. The Morgan fingerprint density at radius 1 is 1.17 bits per heavy atom. The number of hydrogen-bond donors (Lipinski definition) is 3. The Morgan fingerprint density at radius 2 is 2.00 bits per heavy atom. The van der Waals surface area contributed by atoms with Crippen molar-refractivity contribution in [2.24, 2.45) is 0 Å². The molecule has 184 valence electrons. The average molecular weight is 504 g/mol. The highest BCUT2D eigenvalue weighted by Crippen LogP contribution is 2.31. The van der Waals surface area contributed by atoms with Crippen LogP contribution < -0.4 is 15.4 Å². The highest BCUT2D eigenvalue weighted by atomic mass is 32.2. The van der Waals surface area contributed by atoms with Gasteiger partial charge < -0.3 is 20.4 Å². The first-order valence-electron chi connectivity index (χ1n) is 11.5. The number of amides is 1. The van der Waals surface area contributed by atoms with Crippen LogP contribution in [0.15, 0.2) is 73.6 Å². The number of rotatable bonds is 7. The SMILES string of the molecule is C=CC(=O)Nc1cccc(Oc2ncnc3[nH]c(-c4ccc(CC5CNCCS5(=O)=O)cc4)cc23)c1. The number of anilines is 1. The first kappa shape index (κ1) is 23.7. The Hall–Kier alpha value is -4.02. The maximum atomic E-state index is 12.3. The van der Waals surface area contributed by atoms with E-state index >= 15 is 0 Å². The number of H-pyrrole nitrogens is 1. The van der Waals surface area contributed by atoms with Crippen LogP contribution >= 0.6 is 0 Å². The molecule has 10 heteroatoms. The summed E-state index contributed by atoms with van der Waals surface area (Å²) in [6.07, 6.45) is 3.10. The number of benzene rings is 2. The molecule has 9 nitrogen and oxygen atoms in total. The minimum Gasteiger partial charge on any atom is -0.438 e. The highest BCUT2D eigenvalue weighted by molar-refractivity contribution is 7.92. The molecule has 0 saturated carbocycles. The van der Waals surface area contributed by atoms with Gasteiger partial charge in [0.15, 0.2) is 9.84 Å². The number of nitrogens with one attached hydrogen (secondary N) is 3. The highest BCUT2D eigenvalue weighted by Gasteiger charge is 2.28. The van der Waals surface area contributed by atoms with Gasteiger partial charge in [0, 0.05) is 30.5 Å². The molecule has 1 amide bonds. The second-order valence-corrected chi connectivity index (χ2v) is 10.9. The zero-order valence-electron chi connectivity index (χ0n) is 19.4. The molecular weight excluding hydrogens is 478 g/mol. The molecule has 5 rings (SSSR count). The van der Waals surface area contributed by atoms with Crippen molar-refractivity contribution in [3.63, 3.8) is 0 Å². The van der Waals surface area contributed by atoms with Crippen molar-refractivity contribution in [3.05, 3.63) is 79.1 Å². The number of ether oxygens (including phenoxy) is 1. The summed E-state index contributed by atoms with van der Waals surface area (Å²) in [6, 6.07) is 16.7. The number of nitrogens with zero attached hydrogens (tertiary/aromatic N) is 2. The van der Waals surface area contributed by atoms with Crippen molar-refractivity contribution >= 4 is 32.5 Å². The Morgan fingerprint density at radius 3 is 2.78 bits per heavy atom. The lowest BCUT2D eigenvalue weighted by Crippen LogP contribution is -2.44. The summed E-state index contributed by atoms with van der Waals surface area (Å²) in [5.74, 6) is 0.761. The largest absolute Gasteiger partial charge is 0.438 e. The molecule has 0 aliphatic carbocycles. The molecular formula is C26H25N5O4S. The third-order valence-corrected chi connectivity index (χ3v) is 8.18. The maximum Gasteiger partial charge on any atom is 0.247 e. The third-order valence-electron chi connectivity index (χ3n) is 6.06. The van der Waals surface area contributed by atoms with E-state index in [0.29, 0.717) is 47.9 Å². The number of carbonyl (C=O) groups excluding carboxylic acids is 1. The van der Waals surface area contributed by atoms with Crippen molar-refractivity contribution in [3.8, 4) is 22.9 Å². The van der Waals surface area contributed by atoms with Crippen LogP contribution in [0.1, 0.15) is 5.56 Å². The molecule has 1 aliphatic heterocycles. The Bertz CT molecular complexity index is 1530. The molecule has 36 heavy (non-hydrogen) atoms. The lowest BCUT2D eigenvalue weighted by atomic mass is 10.1. The number of aromatic amines is 1. The smallest absolute Gasteiger partial charge is 0.247 e. The van der Waals surface area contributed by atoms with Crippen LogP contribution in [-0.2, 0) is 21.1 Å². The maximum absolute atomic E-state index is 12.3. The number of hydrogen-bond acceptors (Lipinski definition) is 7. The Balaban J connectivity index is 1.36. The first-order chi connectivity index (χ1) is 17.4. The summed E-state index contributed by atoms with van der Waals surface area (Å²) in [6.45, 7) is 4.46. The summed E-state index contributed by atoms with van der Waals surface area (Å²) in [5, 5.41) is 6.18. The lowest BCUT2D eigenvalue weighted by Gasteiger charge is -2.23. The molecule has 1 aliphatic rings. The van der Waals surface area contributed by atoms with Crippen molar-refractivity contribution in [2.75, 3.05) is 24.2 Å². The van der Waals surface area contributed by atoms with E-state index in [0.717, 1.165) is 16.8 Å². The predicted molar refractivity (Wildman–Crippen MR) is 139 cm³/mol. The normalized spacial score (nSPS) is 16.9. The molecule has 2 aromatic heterocycles. The Labute approximate surface area is 208 Å². The molecule has 1 fully saturated rings. The van der Waals surface area contributed by atoms with E-state index in [9.17, 15) is 13.2 Å². The van der Waals surface area contributed by atoms with Gasteiger partial charge in [-0.15, -0.1) is 0 Å². The summed E-state index contributed by atoms with van der Waals surface area (Å²) in [7, 11) is -3.06. The average Bonchev–Trinajstić information content (AvgIpc) is 3.31. The molecule has 0 bridgehead atoms. The molecule has 1 unspecified atom stereocenters. The van der Waals surface area contributed by atoms with Crippen molar-refractivity contribution in [1.29, 1.82) is 0 Å². The van der Waals surface area contributed by atoms with Gasteiger partial charge in [0.2, 0.25) is 11.8 Å². The first-order valence-corrected chi connectivity index (χ1v) is 13.2. The van der Waals surface area contributed by atoms with Gasteiger partial charge in [0.05, 0.1) is 16.4 Å². The second kappa shape index (κ2) is 9.92. The quantitative estimate of drug-likeness (QED) is 0.330. The molecule has 4 aromatic rings. The van der Waals surface area contributed by atoms with Crippen molar-refractivity contribution < 1.29 is 17.9 Å². The van der Waals surface area contributed by atoms with Crippen LogP contribution in [0.2, 0.25) is 0 Å². The van der Waals surface area contributed by atoms with Gasteiger partial charge in [-0.05, 0) is 41.8 Å². The van der Waals surface area contributed by atoms with E-state index in [1.807, 2.05) is 30.3 Å². The van der Waals surface area contributed by atoms with Crippen LogP contribution in [0.5, 0.6) is 11.6 Å². The number of sulfone groups is 1. The standard InChI is InChI=1S/C26H25N5O4S/c1-2-24(32)30-19-4-3-5-20(13-19)35-26-22-14-23(31-25(22)28-16-29-26)18-8-6-17(7-9-18)12-21-15-27-10-11-36(21,33)34/h2-9,13-14,16,21,27H,1,10-12,15H2,(H,30,32)(H,28,29,31). The van der Waals surface area contributed by atoms with E-state index in [1.165, 1.54) is 12.4 Å². The van der Waals surface area contributed by atoms with E-state index in [2.05, 4.69) is 32.2 Å². The fraction of sp³-hybridized carbons (Fsp3) is 0.192. The summed E-state index contributed by atoms with van der Waals surface area (Å²) >= 11 is 0. The lowest BCUT2D eigenvalue weighted by molar-refractivity contribution is -0.111. The van der Waals surface area contributed by atoms with E-state index in [1.54, 1.807) is 24.3 Å². The predicted octanol–water partition coefficient (Wildman–Crippen LogP) is 3.47. The minimum atomic E-state index is -3.06. The van der Waals surface area contributed by atoms with Crippen LogP contribution in [-0.4, -0.2) is 53.4 Å². The molecule has 0 spiro atoms. The van der Waals surface area contributed by atoms with Crippen LogP contribution in [0, 0.1) is 0 Å².